The molecule has 3 atom stereocenters. The molecule has 1 heterocycles. The van der Waals surface area contributed by atoms with Crippen LogP contribution in [-0.2, 0) is 0 Å². The number of anilines is 2. The third-order valence-electron chi connectivity index (χ3n) is 5.50. The molecule has 0 spiro atoms. The van der Waals surface area contributed by atoms with Gasteiger partial charge in [0.2, 0.25) is 0 Å². The molecular weight excluding hydrogens is 232 g/mol. The van der Waals surface area contributed by atoms with Crippen LogP contribution in [0.3, 0.4) is 0 Å². The summed E-state index contributed by atoms with van der Waals surface area (Å²) in [6.45, 7) is 3.63. The van der Waals surface area contributed by atoms with Crippen LogP contribution in [0, 0.1) is 17.8 Å². The van der Waals surface area contributed by atoms with Crippen molar-refractivity contribution in [3.63, 3.8) is 0 Å². The van der Waals surface area contributed by atoms with E-state index in [0.29, 0.717) is 0 Å². The lowest BCUT2D eigenvalue weighted by atomic mass is 9.88. The molecule has 2 saturated carbocycles. The summed E-state index contributed by atoms with van der Waals surface area (Å²) < 4.78 is 0. The SMILES string of the molecule is c1ccc2c(c1)NCCCN2CC1CC2CCC1C2. The molecule has 102 valence electrons. The van der Waals surface area contributed by atoms with E-state index >= 15 is 0 Å². The van der Waals surface area contributed by atoms with E-state index in [1.165, 1.54) is 56.6 Å². The van der Waals surface area contributed by atoms with Crippen molar-refractivity contribution in [1.82, 2.24) is 0 Å². The van der Waals surface area contributed by atoms with Crippen LogP contribution in [0.2, 0.25) is 0 Å². The smallest absolute Gasteiger partial charge is 0.0602 e. The average molecular weight is 256 g/mol. The fraction of sp³-hybridized carbons (Fsp3) is 0.647. The zero-order valence-electron chi connectivity index (χ0n) is 11.6. The Bertz CT molecular complexity index is 456. The topological polar surface area (TPSA) is 15.3 Å². The summed E-state index contributed by atoms with van der Waals surface area (Å²) in [5.41, 5.74) is 2.77. The fourth-order valence-electron chi connectivity index (χ4n) is 4.59. The highest BCUT2D eigenvalue weighted by molar-refractivity contribution is 5.70. The second-order valence-corrected chi connectivity index (χ2v) is 6.68. The van der Waals surface area contributed by atoms with Gasteiger partial charge in [-0.05, 0) is 55.6 Å². The predicted octanol–water partition coefficient (Wildman–Crippen LogP) is 3.74. The Morgan fingerprint density at radius 2 is 2.11 bits per heavy atom. The minimum atomic E-state index is 0.963. The summed E-state index contributed by atoms with van der Waals surface area (Å²) in [7, 11) is 0. The molecule has 2 aliphatic carbocycles. The quantitative estimate of drug-likeness (QED) is 0.867. The largest absolute Gasteiger partial charge is 0.383 e. The summed E-state index contributed by atoms with van der Waals surface area (Å²) in [6, 6.07) is 8.85. The molecule has 2 heteroatoms. The number of para-hydroxylation sites is 2. The molecule has 1 aromatic rings. The standard InChI is InChI=1S/C17H24N2/c1-2-5-17-16(4-1)18-8-3-9-19(17)12-15-11-13-6-7-14(15)10-13/h1-2,4-5,13-15,18H,3,6-12H2. The van der Waals surface area contributed by atoms with Crippen LogP contribution in [0.15, 0.2) is 24.3 Å². The summed E-state index contributed by atoms with van der Waals surface area (Å²) in [5.74, 6) is 3.06. The van der Waals surface area contributed by atoms with Gasteiger partial charge in [-0.2, -0.15) is 0 Å². The number of fused-ring (bicyclic) bond motifs is 3. The Kier molecular flexibility index (Phi) is 2.90. The van der Waals surface area contributed by atoms with Gasteiger partial charge in [0.25, 0.3) is 0 Å². The lowest BCUT2D eigenvalue weighted by Gasteiger charge is -2.31. The van der Waals surface area contributed by atoms with Crippen LogP contribution in [0.1, 0.15) is 32.1 Å². The van der Waals surface area contributed by atoms with Crippen LogP contribution in [-0.4, -0.2) is 19.6 Å². The van der Waals surface area contributed by atoms with Gasteiger partial charge in [0.1, 0.15) is 0 Å². The maximum absolute atomic E-state index is 3.57. The first-order valence-corrected chi connectivity index (χ1v) is 7.98. The monoisotopic (exact) mass is 256 g/mol. The van der Waals surface area contributed by atoms with Crippen LogP contribution in [0.5, 0.6) is 0 Å². The van der Waals surface area contributed by atoms with Gasteiger partial charge in [-0.3, -0.25) is 0 Å². The van der Waals surface area contributed by atoms with E-state index in [9.17, 15) is 0 Å². The van der Waals surface area contributed by atoms with Crippen molar-refractivity contribution in [2.45, 2.75) is 32.1 Å². The molecule has 0 amide bonds. The third-order valence-corrected chi connectivity index (χ3v) is 5.50. The van der Waals surface area contributed by atoms with Crippen molar-refractivity contribution in [1.29, 1.82) is 0 Å². The summed E-state index contributed by atoms with van der Waals surface area (Å²) in [6.07, 6.45) is 7.30. The van der Waals surface area contributed by atoms with Crippen molar-refractivity contribution in [2.75, 3.05) is 29.9 Å². The Hall–Kier alpha value is -1.18. The highest BCUT2D eigenvalue weighted by atomic mass is 15.2. The van der Waals surface area contributed by atoms with Crippen LogP contribution in [0.25, 0.3) is 0 Å². The minimum Gasteiger partial charge on any atom is -0.383 e. The lowest BCUT2D eigenvalue weighted by molar-refractivity contribution is 0.334. The molecule has 19 heavy (non-hydrogen) atoms. The van der Waals surface area contributed by atoms with Gasteiger partial charge in [0.15, 0.2) is 0 Å². The molecule has 0 radical (unpaired) electrons. The van der Waals surface area contributed by atoms with Crippen LogP contribution >= 0.6 is 0 Å². The van der Waals surface area contributed by atoms with E-state index in [0.717, 1.165) is 24.3 Å². The van der Waals surface area contributed by atoms with Crippen LogP contribution < -0.4 is 10.2 Å². The molecule has 2 fully saturated rings. The first-order chi connectivity index (χ1) is 9.40. The van der Waals surface area contributed by atoms with Crippen molar-refractivity contribution >= 4 is 11.4 Å². The van der Waals surface area contributed by atoms with Gasteiger partial charge in [-0.1, -0.05) is 18.6 Å². The fourth-order valence-corrected chi connectivity index (χ4v) is 4.59. The molecule has 1 aromatic carbocycles. The normalized spacial score (nSPS) is 32.8. The Labute approximate surface area is 116 Å². The van der Waals surface area contributed by atoms with E-state index < -0.39 is 0 Å². The molecule has 0 saturated heterocycles. The molecule has 3 unspecified atom stereocenters. The molecule has 1 N–H and O–H groups in total. The van der Waals surface area contributed by atoms with E-state index in [1.807, 2.05) is 0 Å². The maximum atomic E-state index is 3.57. The van der Waals surface area contributed by atoms with E-state index in [4.69, 9.17) is 0 Å². The average Bonchev–Trinajstić information content (AvgIpc) is 2.99. The second-order valence-electron chi connectivity index (χ2n) is 6.68. The summed E-state index contributed by atoms with van der Waals surface area (Å²) in [4.78, 5) is 2.65. The third kappa shape index (κ3) is 2.11. The van der Waals surface area contributed by atoms with Crippen molar-refractivity contribution in [3.8, 4) is 0 Å². The minimum absolute atomic E-state index is 0.963. The first kappa shape index (κ1) is 11.6. The van der Waals surface area contributed by atoms with E-state index in [2.05, 4.69) is 34.5 Å². The molecule has 1 aliphatic heterocycles. The van der Waals surface area contributed by atoms with Crippen LogP contribution in [0.4, 0.5) is 11.4 Å². The van der Waals surface area contributed by atoms with Gasteiger partial charge in [0, 0.05) is 19.6 Å². The number of hydrogen-bond acceptors (Lipinski definition) is 2. The maximum Gasteiger partial charge on any atom is 0.0602 e. The molecule has 0 aromatic heterocycles. The molecular formula is C17H24N2. The van der Waals surface area contributed by atoms with Gasteiger partial charge in [-0.25, -0.2) is 0 Å². The highest BCUT2D eigenvalue weighted by Crippen LogP contribution is 2.49. The number of nitrogens with zero attached hydrogens (tertiary/aromatic N) is 1. The number of rotatable bonds is 2. The van der Waals surface area contributed by atoms with Crippen molar-refractivity contribution in [2.24, 2.45) is 17.8 Å². The molecule has 4 rings (SSSR count). The zero-order chi connectivity index (χ0) is 12.7. The predicted molar refractivity (Wildman–Crippen MR) is 80.7 cm³/mol. The van der Waals surface area contributed by atoms with Crippen molar-refractivity contribution in [3.05, 3.63) is 24.3 Å². The van der Waals surface area contributed by atoms with Crippen molar-refractivity contribution < 1.29 is 0 Å². The van der Waals surface area contributed by atoms with Gasteiger partial charge in [-0.15, -0.1) is 0 Å². The first-order valence-electron chi connectivity index (χ1n) is 7.98. The van der Waals surface area contributed by atoms with Gasteiger partial charge in [0.05, 0.1) is 11.4 Å². The number of nitrogens with one attached hydrogen (secondary N) is 1. The van der Waals surface area contributed by atoms with Gasteiger partial charge < -0.3 is 10.2 Å². The Morgan fingerprint density at radius 1 is 1.16 bits per heavy atom. The van der Waals surface area contributed by atoms with Gasteiger partial charge >= 0.3 is 0 Å². The summed E-state index contributed by atoms with van der Waals surface area (Å²) >= 11 is 0. The second kappa shape index (κ2) is 4.73. The molecule has 2 bridgehead atoms. The zero-order valence-corrected chi connectivity index (χ0v) is 11.6. The summed E-state index contributed by atoms with van der Waals surface area (Å²) in [5, 5.41) is 3.57. The number of hydrogen-bond donors (Lipinski definition) is 1. The Morgan fingerprint density at radius 3 is 2.95 bits per heavy atom. The highest BCUT2D eigenvalue weighted by Gasteiger charge is 2.40. The van der Waals surface area contributed by atoms with E-state index in [1.54, 1.807) is 0 Å². The molecule has 2 nitrogen and oxygen atoms in total. The van der Waals surface area contributed by atoms with E-state index in [-0.39, 0.29) is 0 Å². The number of benzene rings is 1. The Balaban J connectivity index is 1.54. The molecule has 3 aliphatic rings. The lowest BCUT2D eigenvalue weighted by Crippen LogP contribution is -2.32.